The molecule has 2 fully saturated rings. The van der Waals surface area contributed by atoms with Gasteiger partial charge in [0.2, 0.25) is 0 Å². The molecule has 5 nitrogen and oxygen atoms in total. The molecule has 2 saturated heterocycles. The van der Waals surface area contributed by atoms with E-state index in [1.165, 1.54) is 12.3 Å². The first-order chi connectivity index (χ1) is 11.1. The Balaban J connectivity index is 1.66. The molecule has 0 saturated carbocycles. The van der Waals surface area contributed by atoms with Crippen molar-refractivity contribution in [3.8, 4) is 5.75 Å². The fraction of sp³-hybridized carbons (Fsp3) is 0.625. The number of hydrogen-bond acceptors (Lipinski definition) is 4. The van der Waals surface area contributed by atoms with Crippen LogP contribution in [0.15, 0.2) is 18.3 Å². The summed E-state index contributed by atoms with van der Waals surface area (Å²) in [5.41, 5.74) is 0.434. The van der Waals surface area contributed by atoms with Crippen molar-refractivity contribution in [1.82, 2.24) is 15.2 Å². The molecule has 0 bridgehead atoms. The van der Waals surface area contributed by atoms with Gasteiger partial charge in [-0.15, -0.1) is 0 Å². The largest absolute Gasteiger partial charge is 0.485 e. The Morgan fingerprint density at radius 2 is 2.17 bits per heavy atom. The predicted molar refractivity (Wildman–Crippen MR) is 80.8 cm³/mol. The van der Waals surface area contributed by atoms with Crippen molar-refractivity contribution in [3.63, 3.8) is 0 Å². The van der Waals surface area contributed by atoms with Gasteiger partial charge in [-0.3, -0.25) is 4.79 Å². The highest BCUT2D eigenvalue weighted by molar-refractivity contribution is 5.95. The lowest BCUT2D eigenvalue weighted by Crippen LogP contribution is -2.44. The first kappa shape index (κ1) is 16.1. The summed E-state index contributed by atoms with van der Waals surface area (Å²) in [4.78, 5) is 18.4. The highest BCUT2D eigenvalue weighted by Gasteiger charge is 2.38. The van der Waals surface area contributed by atoms with Crippen molar-refractivity contribution in [2.75, 3.05) is 32.8 Å². The zero-order valence-corrected chi connectivity index (χ0v) is 12.9. The number of amides is 1. The SMILES string of the molecule is O=C(c1ncccc1OCC(F)F)N1CCC2(CCNC2)CC1. The molecule has 1 spiro atoms. The normalized spacial score (nSPS) is 20.2. The number of halogens is 2. The van der Waals surface area contributed by atoms with Crippen LogP contribution in [0.4, 0.5) is 8.78 Å². The van der Waals surface area contributed by atoms with Crippen LogP contribution in [0.5, 0.6) is 5.75 Å². The van der Waals surface area contributed by atoms with E-state index in [-0.39, 0.29) is 17.4 Å². The van der Waals surface area contributed by atoms with Gasteiger partial charge in [0, 0.05) is 25.8 Å². The average Bonchev–Trinajstić information content (AvgIpc) is 3.01. The molecule has 3 rings (SSSR count). The molecular formula is C16H21F2N3O2. The molecule has 0 atom stereocenters. The van der Waals surface area contributed by atoms with E-state index in [9.17, 15) is 13.6 Å². The van der Waals surface area contributed by atoms with Gasteiger partial charge in [-0.05, 0) is 43.4 Å². The molecule has 1 N–H and O–H groups in total. The standard InChI is InChI=1S/C16H21F2N3O2/c17-13(18)10-23-12-2-1-6-20-14(12)15(22)21-8-4-16(5-9-21)3-7-19-11-16/h1-2,6,13,19H,3-5,7-11H2. The Morgan fingerprint density at radius 3 is 2.83 bits per heavy atom. The fourth-order valence-corrected chi connectivity index (χ4v) is 3.38. The van der Waals surface area contributed by atoms with Gasteiger partial charge in [0.05, 0.1) is 0 Å². The molecule has 0 aromatic carbocycles. The summed E-state index contributed by atoms with van der Waals surface area (Å²) in [7, 11) is 0. The number of rotatable bonds is 4. The van der Waals surface area contributed by atoms with Crippen molar-refractivity contribution >= 4 is 5.91 Å². The Hall–Kier alpha value is -1.76. The maximum atomic E-state index is 12.6. The molecule has 1 aromatic heterocycles. The number of likely N-dealkylation sites (tertiary alicyclic amines) is 1. The van der Waals surface area contributed by atoms with E-state index in [4.69, 9.17) is 4.74 Å². The quantitative estimate of drug-likeness (QED) is 0.919. The van der Waals surface area contributed by atoms with E-state index in [1.807, 2.05) is 0 Å². The van der Waals surface area contributed by atoms with Crippen molar-refractivity contribution in [2.24, 2.45) is 5.41 Å². The smallest absolute Gasteiger partial charge is 0.276 e. The molecule has 0 radical (unpaired) electrons. The second-order valence-corrected chi connectivity index (χ2v) is 6.27. The minimum absolute atomic E-state index is 0.119. The van der Waals surface area contributed by atoms with Crippen LogP contribution in [0.1, 0.15) is 29.8 Å². The first-order valence-corrected chi connectivity index (χ1v) is 7.96. The van der Waals surface area contributed by atoms with Gasteiger partial charge in [0.25, 0.3) is 12.3 Å². The third-order valence-corrected chi connectivity index (χ3v) is 4.78. The number of alkyl halides is 2. The highest BCUT2D eigenvalue weighted by atomic mass is 19.3. The minimum atomic E-state index is -2.58. The van der Waals surface area contributed by atoms with Crippen LogP contribution in [0.2, 0.25) is 0 Å². The Kier molecular flexibility index (Phi) is 4.75. The lowest BCUT2D eigenvalue weighted by atomic mass is 9.78. The van der Waals surface area contributed by atoms with Crippen LogP contribution < -0.4 is 10.1 Å². The number of pyridine rings is 1. The number of nitrogens with zero attached hydrogens (tertiary/aromatic N) is 2. The Labute approximate surface area is 134 Å². The molecular weight excluding hydrogens is 304 g/mol. The fourth-order valence-electron chi connectivity index (χ4n) is 3.38. The molecule has 3 heterocycles. The van der Waals surface area contributed by atoms with Gasteiger partial charge in [0.15, 0.2) is 11.4 Å². The van der Waals surface area contributed by atoms with E-state index < -0.39 is 13.0 Å². The molecule has 0 unspecified atom stereocenters. The minimum Gasteiger partial charge on any atom is -0.485 e. The third-order valence-electron chi connectivity index (χ3n) is 4.78. The maximum absolute atomic E-state index is 12.6. The van der Waals surface area contributed by atoms with Crippen LogP contribution in [-0.2, 0) is 0 Å². The number of carbonyl (C=O) groups is 1. The van der Waals surface area contributed by atoms with Crippen molar-refractivity contribution in [3.05, 3.63) is 24.0 Å². The third kappa shape index (κ3) is 3.60. The van der Waals surface area contributed by atoms with Crippen molar-refractivity contribution < 1.29 is 18.3 Å². The topological polar surface area (TPSA) is 54.5 Å². The summed E-state index contributed by atoms with van der Waals surface area (Å²) < 4.78 is 29.7. The summed E-state index contributed by atoms with van der Waals surface area (Å²) in [5.74, 6) is -0.115. The first-order valence-electron chi connectivity index (χ1n) is 7.96. The zero-order chi connectivity index (χ0) is 16.3. The molecule has 1 aromatic rings. The average molecular weight is 325 g/mol. The summed E-state index contributed by atoms with van der Waals surface area (Å²) in [6, 6.07) is 3.09. The van der Waals surface area contributed by atoms with E-state index in [2.05, 4.69) is 10.3 Å². The molecule has 2 aliphatic rings. The van der Waals surface area contributed by atoms with Gasteiger partial charge in [0.1, 0.15) is 6.61 Å². The summed E-state index contributed by atoms with van der Waals surface area (Å²) in [6.07, 6.45) is 1.98. The molecule has 0 aliphatic carbocycles. The maximum Gasteiger partial charge on any atom is 0.276 e. The molecule has 1 amide bonds. The van der Waals surface area contributed by atoms with E-state index in [0.717, 1.165) is 32.4 Å². The molecule has 2 aliphatic heterocycles. The van der Waals surface area contributed by atoms with Crippen LogP contribution >= 0.6 is 0 Å². The Bertz CT molecular complexity index is 552. The molecule has 7 heteroatoms. The number of hydrogen-bond donors (Lipinski definition) is 1. The number of ether oxygens (including phenoxy) is 1. The van der Waals surface area contributed by atoms with Crippen molar-refractivity contribution in [1.29, 1.82) is 0 Å². The lowest BCUT2D eigenvalue weighted by Gasteiger charge is -2.38. The van der Waals surface area contributed by atoms with E-state index in [1.54, 1.807) is 11.0 Å². The number of aromatic nitrogens is 1. The zero-order valence-electron chi connectivity index (χ0n) is 12.9. The van der Waals surface area contributed by atoms with Gasteiger partial charge in [-0.2, -0.15) is 0 Å². The lowest BCUT2D eigenvalue weighted by molar-refractivity contribution is 0.0580. The highest BCUT2D eigenvalue weighted by Crippen LogP contribution is 2.37. The van der Waals surface area contributed by atoms with Crippen LogP contribution in [0.25, 0.3) is 0 Å². The van der Waals surface area contributed by atoms with E-state index in [0.29, 0.717) is 18.5 Å². The summed E-state index contributed by atoms with van der Waals surface area (Å²) >= 11 is 0. The van der Waals surface area contributed by atoms with E-state index >= 15 is 0 Å². The number of nitrogens with one attached hydrogen (secondary N) is 1. The monoisotopic (exact) mass is 325 g/mol. The number of carbonyl (C=O) groups excluding carboxylic acids is 1. The van der Waals surface area contributed by atoms with Gasteiger partial charge in [-0.1, -0.05) is 0 Å². The van der Waals surface area contributed by atoms with Crippen molar-refractivity contribution in [2.45, 2.75) is 25.7 Å². The molecule has 23 heavy (non-hydrogen) atoms. The number of piperidine rings is 1. The summed E-state index contributed by atoms with van der Waals surface area (Å²) in [6.45, 7) is 2.67. The van der Waals surface area contributed by atoms with Crippen LogP contribution in [0, 0.1) is 5.41 Å². The van der Waals surface area contributed by atoms with Gasteiger partial charge >= 0.3 is 0 Å². The summed E-state index contributed by atoms with van der Waals surface area (Å²) in [5, 5.41) is 3.39. The predicted octanol–water partition coefficient (Wildman–Crippen LogP) is 1.94. The van der Waals surface area contributed by atoms with Crippen LogP contribution in [0.3, 0.4) is 0 Å². The van der Waals surface area contributed by atoms with Crippen LogP contribution in [-0.4, -0.2) is 55.0 Å². The second kappa shape index (κ2) is 6.78. The molecule has 126 valence electrons. The van der Waals surface area contributed by atoms with Gasteiger partial charge in [-0.25, -0.2) is 13.8 Å². The Morgan fingerprint density at radius 1 is 1.39 bits per heavy atom. The van der Waals surface area contributed by atoms with Gasteiger partial charge < -0.3 is 15.0 Å². The second-order valence-electron chi connectivity index (χ2n) is 6.27.